The molecule has 0 bridgehead atoms. The first-order valence-electron chi connectivity index (χ1n) is 10.1. The third kappa shape index (κ3) is 3.79. The van der Waals surface area contributed by atoms with Crippen LogP contribution < -0.4 is 15.0 Å². The molecule has 1 unspecified atom stereocenters. The average molecular weight is 418 g/mol. The number of ether oxygens (including phenoxy) is 1. The van der Waals surface area contributed by atoms with Crippen LogP contribution in [-0.2, 0) is 0 Å². The van der Waals surface area contributed by atoms with Gasteiger partial charge in [0.15, 0.2) is 11.6 Å². The highest BCUT2D eigenvalue weighted by molar-refractivity contribution is 5.64. The van der Waals surface area contributed by atoms with Gasteiger partial charge in [0.25, 0.3) is 0 Å². The van der Waals surface area contributed by atoms with Crippen molar-refractivity contribution in [2.75, 3.05) is 23.9 Å². The number of nitrogens with zero attached hydrogens (tertiary/aromatic N) is 6. The molecule has 0 aliphatic carbocycles. The molecule has 10 heteroatoms. The summed E-state index contributed by atoms with van der Waals surface area (Å²) in [5.74, 6) is 3.31. The molecule has 1 aliphatic rings. The lowest BCUT2D eigenvalue weighted by atomic mass is 10.1. The largest absolute Gasteiger partial charge is 0.481 e. The van der Waals surface area contributed by atoms with Crippen LogP contribution in [0.2, 0.25) is 0 Å². The smallest absolute Gasteiger partial charge is 0.227 e. The fourth-order valence-corrected chi connectivity index (χ4v) is 3.79. The van der Waals surface area contributed by atoms with Crippen molar-refractivity contribution in [3.63, 3.8) is 0 Å². The number of aromatic amines is 1. The van der Waals surface area contributed by atoms with Gasteiger partial charge in [-0.15, -0.1) is 0 Å². The van der Waals surface area contributed by atoms with Crippen molar-refractivity contribution in [1.29, 1.82) is 0 Å². The van der Waals surface area contributed by atoms with Crippen molar-refractivity contribution in [3.8, 4) is 17.1 Å². The Hall–Kier alpha value is -3.95. The Labute approximate surface area is 178 Å². The molecule has 4 aromatic rings. The van der Waals surface area contributed by atoms with Gasteiger partial charge in [-0.05, 0) is 38.0 Å². The summed E-state index contributed by atoms with van der Waals surface area (Å²) < 4.78 is 11.1. The molecular formula is C21H22N8O2. The molecule has 0 spiro atoms. The first-order valence-corrected chi connectivity index (χ1v) is 10.1. The topological polar surface area (TPSA) is 118 Å². The number of nitrogens with one attached hydrogen (secondary N) is 2. The van der Waals surface area contributed by atoms with Crippen LogP contribution in [0.3, 0.4) is 0 Å². The first-order chi connectivity index (χ1) is 15.2. The monoisotopic (exact) mass is 418 g/mol. The van der Waals surface area contributed by atoms with Crippen molar-refractivity contribution in [2.24, 2.45) is 0 Å². The van der Waals surface area contributed by atoms with E-state index in [0.29, 0.717) is 29.2 Å². The number of rotatable bonds is 6. The molecule has 1 fully saturated rings. The molecule has 1 atom stereocenters. The van der Waals surface area contributed by atoms with Crippen LogP contribution in [0.4, 0.5) is 17.6 Å². The normalized spacial score (nSPS) is 15.9. The highest BCUT2D eigenvalue weighted by Gasteiger charge is 2.31. The molecule has 0 aromatic carbocycles. The Kier molecular flexibility index (Phi) is 4.95. The van der Waals surface area contributed by atoms with Gasteiger partial charge in [0, 0.05) is 36.8 Å². The number of H-pyrrole nitrogens is 1. The summed E-state index contributed by atoms with van der Waals surface area (Å²) >= 11 is 0. The number of pyridine rings is 1. The lowest BCUT2D eigenvalue weighted by Gasteiger charge is -2.22. The summed E-state index contributed by atoms with van der Waals surface area (Å²) in [6.07, 6.45) is 5.37. The standard InChI is InChI=1S/C21H22N8O2/c1-13-11-19(27-26-13)24-18-7-9-23-21(25-18)29-10-4-6-16(29)17-12-15(28-31-17)14-5-3-8-22-20(14)30-2/h3,5,7-9,11-12,16H,4,6,10H2,1-2H3,(H2,23,24,25,26,27). The zero-order valence-electron chi connectivity index (χ0n) is 17.2. The van der Waals surface area contributed by atoms with Crippen molar-refractivity contribution < 1.29 is 9.26 Å². The number of anilines is 3. The van der Waals surface area contributed by atoms with Gasteiger partial charge in [-0.2, -0.15) is 10.1 Å². The van der Waals surface area contributed by atoms with Crippen molar-refractivity contribution in [3.05, 3.63) is 54.2 Å². The molecule has 0 saturated carbocycles. The fourth-order valence-electron chi connectivity index (χ4n) is 3.79. The second kappa shape index (κ2) is 8.05. The van der Waals surface area contributed by atoms with E-state index in [0.717, 1.165) is 36.4 Å². The number of methoxy groups -OCH3 is 1. The zero-order valence-corrected chi connectivity index (χ0v) is 17.2. The van der Waals surface area contributed by atoms with Crippen LogP contribution >= 0.6 is 0 Å². The van der Waals surface area contributed by atoms with Crippen LogP contribution in [0, 0.1) is 6.92 Å². The highest BCUT2D eigenvalue weighted by atomic mass is 16.5. The third-order valence-corrected chi connectivity index (χ3v) is 5.21. The van der Waals surface area contributed by atoms with Crippen LogP contribution in [0.1, 0.15) is 30.3 Å². The summed E-state index contributed by atoms with van der Waals surface area (Å²) in [6.45, 7) is 2.78. The maximum atomic E-state index is 5.72. The molecule has 10 nitrogen and oxygen atoms in total. The van der Waals surface area contributed by atoms with Crippen molar-refractivity contribution in [1.82, 2.24) is 30.3 Å². The number of aryl methyl sites for hydroxylation is 1. The molecule has 4 aromatic heterocycles. The van der Waals surface area contributed by atoms with Crippen molar-refractivity contribution in [2.45, 2.75) is 25.8 Å². The third-order valence-electron chi connectivity index (χ3n) is 5.21. The minimum atomic E-state index is 0.00629. The van der Waals surface area contributed by atoms with E-state index in [1.54, 1.807) is 19.5 Å². The first kappa shape index (κ1) is 19.0. The lowest BCUT2D eigenvalue weighted by molar-refractivity contribution is 0.361. The highest BCUT2D eigenvalue weighted by Crippen LogP contribution is 2.37. The predicted molar refractivity (Wildman–Crippen MR) is 114 cm³/mol. The van der Waals surface area contributed by atoms with E-state index in [4.69, 9.17) is 9.26 Å². The van der Waals surface area contributed by atoms with Crippen LogP contribution in [-0.4, -0.2) is 44.0 Å². The van der Waals surface area contributed by atoms with Gasteiger partial charge in [-0.3, -0.25) is 5.10 Å². The minimum absolute atomic E-state index is 0.00629. The van der Waals surface area contributed by atoms with Gasteiger partial charge >= 0.3 is 0 Å². The SMILES string of the molecule is COc1ncccc1-c1cc(C2CCCN2c2nccc(Nc3cc(C)[nH]n3)n2)on1. The van der Waals surface area contributed by atoms with E-state index in [1.165, 1.54) is 0 Å². The van der Waals surface area contributed by atoms with Gasteiger partial charge < -0.3 is 19.5 Å². The molecule has 1 saturated heterocycles. The lowest BCUT2D eigenvalue weighted by Crippen LogP contribution is -2.24. The minimum Gasteiger partial charge on any atom is -0.481 e. The van der Waals surface area contributed by atoms with Crippen LogP contribution in [0.15, 0.2) is 47.2 Å². The number of aromatic nitrogens is 6. The van der Waals surface area contributed by atoms with Crippen molar-refractivity contribution >= 4 is 17.6 Å². The van der Waals surface area contributed by atoms with E-state index in [1.807, 2.05) is 37.3 Å². The van der Waals surface area contributed by atoms with Gasteiger partial charge in [0.2, 0.25) is 11.8 Å². The maximum Gasteiger partial charge on any atom is 0.227 e. The fraction of sp³-hybridized carbons (Fsp3) is 0.286. The van der Waals surface area contributed by atoms with Crippen LogP contribution in [0.25, 0.3) is 11.3 Å². The van der Waals surface area contributed by atoms with Gasteiger partial charge in [0.05, 0.1) is 18.7 Å². The molecule has 5 rings (SSSR count). The Bertz CT molecular complexity index is 1190. The molecule has 5 heterocycles. The van der Waals surface area contributed by atoms with E-state index in [2.05, 4.69) is 40.5 Å². The molecule has 2 N–H and O–H groups in total. The summed E-state index contributed by atoms with van der Waals surface area (Å²) in [6, 6.07) is 9.45. The van der Waals surface area contributed by atoms with E-state index in [-0.39, 0.29) is 6.04 Å². The summed E-state index contributed by atoms with van der Waals surface area (Å²) in [5.41, 5.74) is 2.46. The zero-order chi connectivity index (χ0) is 21.2. The molecular weight excluding hydrogens is 396 g/mol. The number of hydrogen-bond donors (Lipinski definition) is 2. The second-order valence-corrected chi connectivity index (χ2v) is 7.33. The second-order valence-electron chi connectivity index (χ2n) is 7.33. The Morgan fingerprint density at radius 3 is 2.97 bits per heavy atom. The molecule has 1 aliphatic heterocycles. The summed E-state index contributed by atoms with van der Waals surface area (Å²) in [5, 5.41) is 14.6. The number of hydrogen-bond acceptors (Lipinski definition) is 9. The van der Waals surface area contributed by atoms with E-state index in [9.17, 15) is 0 Å². The quantitative estimate of drug-likeness (QED) is 0.483. The molecule has 158 valence electrons. The van der Waals surface area contributed by atoms with Crippen LogP contribution in [0.5, 0.6) is 5.88 Å². The predicted octanol–water partition coefficient (Wildman–Crippen LogP) is 3.65. The Morgan fingerprint density at radius 2 is 2.13 bits per heavy atom. The van der Waals surface area contributed by atoms with Gasteiger partial charge in [0.1, 0.15) is 11.5 Å². The summed E-state index contributed by atoms with van der Waals surface area (Å²) in [4.78, 5) is 15.6. The Morgan fingerprint density at radius 1 is 1.19 bits per heavy atom. The molecule has 31 heavy (non-hydrogen) atoms. The van der Waals surface area contributed by atoms with E-state index < -0.39 is 0 Å². The average Bonchev–Trinajstić information content (AvgIpc) is 3.54. The van der Waals surface area contributed by atoms with Gasteiger partial charge in [-0.25, -0.2) is 9.97 Å². The maximum absolute atomic E-state index is 5.72. The van der Waals surface area contributed by atoms with E-state index >= 15 is 0 Å². The molecule has 0 radical (unpaired) electrons. The van der Waals surface area contributed by atoms with Gasteiger partial charge in [-0.1, -0.05) is 5.16 Å². The summed E-state index contributed by atoms with van der Waals surface area (Å²) in [7, 11) is 1.59. The Balaban J connectivity index is 1.39. The molecule has 0 amide bonds.